The highest BCUT2D eigenvalue weighted by atomic mass is 32.2. The molecule has 0 saturated heterocycles. The van der Waals surface area contributed by atoms with Crippen molar-refractivity contribution in [3.63, 3.8) is 0 Å². The van der Waals surface area contributed by atoms with E-state index < -0.39 is 5.91 Å². The molecule has 0 bridgehead atoms. The second kappa shape index (κ2) is 9.75. The summed E-state index contributed by atoms with van der Waals surface area (Å²) in [6.07, 6.45) is 0. The van der Waals surface area contributed by atoms with Gasteiger partial charge in [0, 0.05) is 6.54 Å². The van der Waals surface area contributed by atoms with Crippen molar-refractivity contribution in [1.82, 2.24) is 15.0 Å². The molecule has 0 spiro atoms. The minimum Gasteiger partial charge on any atom is -0.733 e. The maximum Gasteiger partial charge on any atom is 0.262 e. The van der Waals surface area contributed by atoms with Gasteiger partial charge in [-0.2, -0.15) is 0 Å². The maximum absolute atomic E-state index is 12.7. The highest BCUT2D eigenvalue weighted by molar-refractivity contribution is 7.99. The Hall–Kier alpha value is -3.19. The van der Waals surface area contributed by atoms with Crippen LogP contribution in [0.4, 0.5) is 11.4 Å². The Morgan fingerprint density at radius 1 is 1.26 bits per heavy atom. The minimum atomic E-state index is -0.431. The number of para-hydroxylation sites is 1. The van der Waals surface area contributed by atoms with Crippen LogP contribution >= 0.6 is 24.0 Å². The smallest absolute Gasteiger partial charge is 0.262 e. The summed E-state index contributed by atoms with van der Waals surface area (Å²) in [5.41, 5.74) is 9.07. The summed E-state index contributed by atoms with van der Waals surface area (Å²) in [6, 6.07) is 12.6. The lowest BCUT2D eigenvalue weighted by atomic mass is 10.2. The van der Waals surface area contributed by atoms with Gasteiger partial charge in [-0.25, -0.2) is 9.99 Å². The molecule has 0 aliphatic rings. The average Bonchev–Trinajstić information content (AvgIpc) is 2.76. The van der Waals surface area contributed by atoms with Crippen molar-refractivity contribution in [3.05, 3.63) is 64.1 Å². The van der Waals surface area contributed by atoms with Crippen LogP contribution in [0.5, 0.6) is 0 Å². The first kappa shape index (κ1) is 22.5. The molecule has 31 heavy (non-hydrogen) atoms. The summed E-state index contributed by atoms with van der Waals surface area (Å²) in [6.45, 7) is 2.24. The predicted molar refractivity (Wildman–Crippen MR) is 124 cm³/mol. The van der Waals surface area contributed by atoms with Gasteiger partial charge in [-0.3, -0.25) is 24.8 Å². The number of nitrogens with one attached hydrogen (secondary N) is 1. The van der Waals surface area contributed by atoms with Gasteiger partial charge < -0.3 is 16.2 Å². The Balaban J connectivity index is 1.75. The van der Waals surface area contributed by atoms with Crippen LogP contribution in [-0.2, 0) is 11.3 Å². The SMILES string of the molecule is CCn1c(SCC(=O)NN(C(N)=S)c2ccc(N([O-])O)cc2)nc2ccccc2c1=O. The fourth-order valence-corrected chi connectivity index (χ4v) is 3.81. The number of fused-ring (bicyclic) bond motifs is 1. The summed E-state index contributed by atoms with van der Waals surface area (Å²) < 4.78 is 1.51. The lowest BCUT2D eigenvalue weighted by Gasteiger charge is -2.25. The number of rotatable bonds is 6. The second-order valence-corrected chi connectivity index (χ2v) is 7.61. The molecule has 1 amide bonds. The molecule has 3 aromatic rings. The first-order chi connectivity index (χ1) is 14.8. The van der Waals surface area contributed by atoms with E-state index in [4.69, 9.17) is 23.2 Å². The zero-order chi connectivity index (χ0) is 22.5. The average molecular weight is 460 g/mol. The molecule has 2 aromatic carbocycles. The van der Waals surface area contributed by atoms with Crippen molar-refractivity contribution in [1.29, 1.82) is 0 Å². The first-order valence-electron chi connectivity index (χ1n) is 9.09. The predicted octanol–water partition coefficient (Wildman–Crippen LogP) is 1.98. The molecule has 1 heterocycles. The van der Waals surface area contributed by atoms with Gasteiger partial charge in [0.25, 0.3) is 5.56 Å². The third-order valence-corrected chi connectivity index (χ3v) is 5.42. The van der Waals surface area contributed by atoms with Crippen molar-refractivity contribution in [2.75, 3.05) is 16.0 Å². The van der Waals surface area contributed by atoms with E-state index in [0.29, 0.717) is 28.3 Å². The van der Waals surface area contributed by atoms with E-state index in [1.165, 1.54) is 33.8 Å². The van der Waals surface area contributed by atoms with E-state index in [2.05, 4.69) is 10.4 Å². The molecule has 4 N–H and O–H groups in total. The number of thiocarbonyl (C=S) groups is 1. The molecule has 12 heteroatoms. The van der Waals surface area contributed by atoms with Gasteiger partial charge in [0.1, 0.15) is 0 Å². The molecule has 1 aromatic heterocycles. The number of anilines is 2. The normalized spacial score (nSPS) is 10.7. The van der Waals surface area contributed by atoms with Gasteiger partial charge in [0.15, 0.2) is 10.3 Å². The van der Waals surface area contributed by atoms with Crippen molar-refractivity contribution >= 4 is 57.3 Å². The number of nitrogens with two attached hydrogens (primary N) is 1. The Kier molecular flexibility index (Phi) is 7.07. The van der Waals surface area contributed by atoms with Crippen LogP contribution in [0.25, 0.3) is 10.9 Å². The fourth-order valence-electron chi connectivity index (χ4n) is 2.80. The van der Waals surface area contributed by atoms with E-state index in [-0.39, 0.29) is 27.3 Å². The van der Waals surface area contributed by atoms with Crippen LogP contribution in [0.3, 0.4) is 0 Å². The number of amides is 1. The number of carbonyl (C=O) groups is 1. The minimum absolute atomic E-state index is 0.00781. The summed E-state index contributed by atoms with van der Waals surface area (Å²) in [5.74, 6) is -0.480. The zero-order valence-electron chi connectivity index (χ0n) is 16.4. The monoisotopic (exact) mass is 459 g/mol. The van der Waals surface area contributed by atoms with Gasteiger partial charge in [0.2, 0.25) is 5.91 Å². The van der Waals surface area contributed by atoms with Crippen molar-refractivity contribution in [2.24, 2.45) is 5.73 Å². The highest BCUT2D eigenvalue weighted by Gasteiger charge is 2.16. The fraction of sp³-hybridized carbons (Fsp3) is 0.158. The van der Waals surface area contributed by atoms with E-state index >= 15 is 0 Å². The molecular formula is C19H19N6O4S2-. The molecule has 0 atom stereocenters. The quantitative estimate of drug-likeness (QED) is 0.217. The number of hydrogen-bond donors (Lipinski definition) is 3. The summed E-state index contributed by atoms with van der Waals surface area (Å²) in [7, 11) is 0. The van der Waals surface area contributed by atoms with Gasteiger partial charge in [-0.15, -0.1) is 0 Å². The second-order valence-electron chi connectivity index (χ2n) is 6.25. The van der Waals surface area contributed by atoms with Crippen LogP contribution in [-0.4, -0.2) is 31.5 Å². The van der Waals surface area contributed by atoms with Crippen LogP contribution in [0, 0.1) is 5.21 Å². The summed E-state index contributed by atoms with van der Waals surface area (Å²) >= 11 is 6.10. The van der Waals surface area contributed by atoms with E-state index in [1.54, 1.807) is 24.3 Å². The van der Waals surface area contributed by atoms with E-state index in [1.807, 2.05) is 6.92 Å². The molecule has 0 unspecified atom stereocenters. The number of benzene rings is 2. The molecule has 0 aliphatic heterocycles. The van der Waals surface area contributed by atoms with Gasteiger partial charge in [-0.05, 0) is 55.5 Å². The van der Waals surface area contributed by atoms with Crippen LogP contribution in [0.2, 0.25) is 0 Å². The van der Waals surface area contributed by atoms with Crippen LogP contribution in [0.1, 0.15) is 6.92 Å². The lowest BCUT2D eigenvalue weighted by molar-refractivity contribution is -0.118. The molecule has 0 radical (unpaired) electrons. The third-order valence-electron chi connectivity index (χ3n) is 4.26. The molecule has 3 rings (SSSR count). The number of hydrogen-bond acceptors (Lipinski definition) is 8. The number of carbonyl (C=O) groups excluding carboxylic acids is 1. The maximum atomic E-state index is 12.7. The third kappa shape index (κ3) is 5.11. The van der Waals surface area contributed by atoms with Crippen molar-refractivity contribution < 1.29 is 10.0 Å². The molecule has 10 nitrogen and oxygen atoms in total. The Bertz CT molecular complexity index is 1170. The Labute approximate surface area is 186 Å². The number of hydrazine groups is 1. The van der Waals surface area contributed by atoms with Gasteiger partial charge >= 0.3 is 0 Å². The standard InChI is InChI=1S/C19H19N6O4S2/c1-2-23-17(27)14-5-3-4-6-15(14)21-19(23)31-11-16(26)22-24(18(20)30)12-7-9-13(10-8-12)25(28)29/h3-10,28H,2,11H2,1H3,(H2,20,30)(H,22,26)/q-1. The van der Waals surface area contributed by atoms with Crippen LogP contribution in [0.15, 0.2) is 58.5 Å². The first-order valence-corrected chi connectivity index (χ1v) is 10.5. The topological polar surface area (TPSA) is 140 Å². The molecular weight excluding hydrogens is 440 g/mol. The van der Waals surface area contributed by atoms with Crippen molar-refractivity contribution in [2.45, 2.75) is 18.6 Å². The van der Waals surface area contributed by atoms with Gasteiger partial charge in [0.05, 0.1) is 28.0 Å². The lowest BCUT2D eigenvalue weighted by Crippen LogP contribution is -2.49. The Morgan fingerprint density at radius 3 is 2.52 bits per heavy atom. The van der Waals surface area contributed by atoms with Crippen LogP contribution < -0.4 is 27.0 Å². The van der Waals surface area contributed by atoms with Crippen molar-refractivity contribution in [3.8, 4) is 0 Å². The van der Waals surface area contributed by atoms with E-state index in [9.17, 15) is 14.8 Å². The summed E-state index contributed by atoms with van der Waals surface area (Å²) in [5, 5.41) is 21.6. The summed E-state index contributed by atoms with van der Waals surface area (Å²) in [4.78, 5) is 29.7. The number of aromatic nitrogens is 2. The highest BCUT2D eigenvalue weighted by Crippen LogP contribution is 2.20. The molecule has 162 valence electrons. The molecule has 0 saturated carbocycles. The number of nitrogens with zero attached hydrogens (tertiary/aromatic N) is 4. The molecule has 0 fully saturated rings. The largest absolute Gasteiger partial charge is 0.733 e. The molecule has 0 aliphatic carbocycles. The number of thioether (sulfide) groups is 1. The van der Waals surface area contributed by atoms with Gasteiger partial charge in [-0.1, -0.05) is 23.9 Å². The zero-order valence-corrected chi connectivity index (χ0v) is 18.0. The van der Waals surface area contributed by atoms with E-state index in [0.717, 1.165) is 11.8 Å². The Morgan fingerprint density at radius 2 is 1.90 bits per heavy atom.